The van der Waals surface area contributed by atoms with E-state index in [0.29, 0.717) is 10.6 Å². The Morgan fingerprint density at radius 2 is 1.88 bits per heavy atom. The van der Waals surface area contributed by atoms with Gasteiger partial charge < -0.3 is 5.11 Å². The van der Waals surface area contributed by atoms with Gasteiger partial charge in [-0.3, -0.25) is 0 Å². The molecule has 3 heteroatoms. The van der Waals surface area contributed by atoms with Gasteiger partial charge in [0, 0.05) is 10.6 Å². The van der Waals surface area contributed by atoms with E-state index in [0.717, 1.165) is 25.7 Å². The second kappa shape index (κ2) is 3.44. The second-order valence-electron chi connectivity index (χ2n) is 4.95. The first-order valence-electron chi connectivity index (χ1n) is 5.82. The number of hydrogen-bond acceptors (Lipinski definition) is 1. The number of aliphatic hydroxyl groups is 1. The van der Waals surface area contributed by atoms with E-state index < -0.39 is 5.60 Å². The average Bonchev–Trinajstić information content (AvgIpc) is 2.86. The molecule has 0 spiro atoms. The van der Waals surface area contributed by atoms with Crippen LogP contribution < -0.4 is 0 Å². The van der Waals surface area contributed by atoms with E-state index in [1.807, 2.05) is 0 Å². The van der Waals surface area contributed by atoms with Crippen LogP contribution in [0.1, 0.15) is 31.2 Å². The average molecular weight is 241 g/mol. The van der Waals surface area contributed by atoms with Gasteiger partial charge in [-0.15, -0.1) is 0 Å². The van der Waals surface area contributed by atoms with Gasteiger partial charge in [-0.25, -0.2) is 4.39 Å². The predicted molar refractivity (Wildman–Crippen MR) is 60.8 cm³/mol. The van der Waals surface area contributed by atoms with Crippen LogP contribution in [0.3, 0.4) is 0 Å². The minimum absolute atomic E-state index is 0.261. The van der Waals surface area contributed by atoms with Crippen LogP contribution in [-0.4, -0.2) is 5.11 Å². The summed E-state index contributed by atoms with van der Waals surface area (Å²) in [6, 6.07) is 4.58. The third-order valence-electron chi connectivity index (χ3n) is 4.15. The van der Waals surface area contributed by atoms with Gasteiger partial charge in [0.2, 0.25) is 0 Å². The van der Waals surface area contributed by atoms with Gasteiger partial charge in [-0.2, -0.15) is 0 Å². The van der Waals surface area contributed by atoms with E-state index in [-0.39, 0.29) is 17.7 Å². The van der Waals surface area contributed by atoms with Crippen LogP contribution in [0.2, 0.25) is 5.02 Å². The summed E-state index contributed by atoms with van der Waals surface area (Å²) in [4.78, 5) is 0. The summed E-state index contributed by atoms with van der Waals surface area (Å²) in [5, 5.41) is 10.9. The molecule has 16 heavy (non-hydrogen) atoms. The predicted octanol–water partition coefficient (Wildman–Crippen LogP) is 3.49. The SMILES string of the molecule is OC1(c2ccc(Cl)cc2F)C2CCCCC21. The van der Waals surface area contributed by atoms with Crippen molar-refractivity contribution in [1.82, 2.24) is 0 Å². The highest BCUT2D eigenvalue weighted by molar-refractivity contribution is 6.30. The lowest BCUT2D eigenvalue weighted by Crippen LogP contribution is -2.12. The van der Waals surface area contributed by atoms with Crippen molar-refractivity contribution in [2.24, 2.45) is 11.8 Å². The first-order valence-corrected chi connectivity index (χ1v) is 6.19. The molecule has 0 radical (unpaired) electrons. The van der Waals surface area contributed by atoms with E-state index >= 15 is 0 Å². The Morgan fingerprint density at radius 1 is 1.25 bits per heavy atom. The van der Waals surface area contributed by atoms with Crippen LogP contribution in [-0.2, 0) is 5.60 Å². The third kappa shape index (κ3) is 1.33. The Hall–Kier alpha value is -0.600. The molecule has 1 aromatic rings. The molecule has 0 heterocycles. The zero-order valence-electron chi connectivity index (χ0n) is 8.92. The summed E-state index contributed by atoms with van der Waals surface area (Å²) in [5.74, 6) is 0.151. The summed E-state index contributed by atoms with van der Waals surface area (Å²) in [6.45, 7) is 0. The van der Waals surface area contributed by atoms with Crippen LogP contribution in [0.15, 0.2) is 18.2 Å². The van der Waals surface area contributed by atoms with Crippen LogP contribution in [0.25, 0.3) is 0 Å². The van der Waals surface area contributed by atoms with Crippen LogP contribution in [0, 0.1) is 17.7 Å². The number of hydrogen-bond donors (Lipinski definition) is 1. The summed E-state index contributed by atoms with van der Waals surface area (Å²) in [5.41, 5.74) is -0.473. The maximum Gasteiger partial charge on any atom is 0.130 e. The molecule has 86 valence electrons. The van der Waals surface area contributed by atoms with Crippen molar-refractivity contribution in [2.75, 3.05) is 0 Å². The molecule has 2 atom stereocenters. The molecule has 2 aliphatic rings. The molecule has 0 aromatic heterocycles. The molecule has 1 N–H and O–H groups in total. The van der Waals surface area contributed by atoms with E-state index in [9.17, 15) is 9.50 Å². The Kier molecular flexibility index (Phi) is 2.27. The van der Waals surface area contributed by atoms with Crippen molar-refractivity contribution in [1.29, 1.82) is 0 Å². The molecule has 2 saturated carbocycles. The third-order valence-corrected chi connectivity index (χ3v) is 4.39. The highest BCUT2D eigenvalue weighted by Crippen LogP contribution is 2.64. The van der Waals surface area contributed by atoms with Crippen molar-refractivity contribution in [3.63, 3.8) is 0 Å². The van der Waals surface area contributed by atoms with Crippen LogP contribution >= 0.6 is 11.6 Å². The van der Waals surface area contributed by atoms with Gasteiger partial charge >= 0.3 is 0 Å². The number of halogens is 2. The Morgan fingerprint density at radius 3 is 2.44 bits per heavy atom. The molecular formula is C13H14ClFO. The van der Waals surface area contributed by atoms with Gasteiger partial charge in [0.1, 0.15) is 5.82 Å². The fourth-order valence-corrected chi connectivity index (χ4v) is 3.47. The molecule has 0 amide bonds. The zero-order valence-corrected chi connectivity index (χ0v) is 9.67. The largest absolute Gasteiger partial charge is 0.384 e. The zero-order chi connectivity index (χ0) is 11.3. The molecule has 2 aliphatic carbocycles. The molecular weight excluding hydrogens is 227 g/mol. The quantitative estimate of drug-likeness (QED) is 0.797. The summed E-state index contributed by atoms with van der Waals surface area (Å²) in [7, 11) is 0. The molecule has 1 aromatic carbocycles. The van der Waals surface area contributed by atoms with Gasteiger partial charge in [0.05, 0.1) is 5.60 Å². The minimum Gasteiger partial charge on any atom is -0.384 e. The maximum atomic E-state index is 13.8. The van der Waals surface area contributed by atoms with Gasteiger partial charge in [-0.1, -0.05) is 30.5 Å². The van der Waals surface area contributed by atoms with E-state index in [2.05, 4.69) is 0 Å². The van der Waals surface area contributed by atoms with Crippen molar-refractivity contribution in [3.8, 4) is 0 Å². The Labute approximate surface area is 99.2 Å². The summed E-state index contributed by atoms with van der Waals surface area (Å²) < 4.78 is 13.8. The molecule has 1 nitrogen and oxygen atoms in total. The highest BCUT2D eigenvalue weighted by Gasteiger charge is 2.65. The van der Waals surface area contributed by atoms with Crippen molar-refractivity contribution in [3.05, 3.63) is 34.6 Å². The van der Waals surface area contributed by atoms with Gasteiger partial charge in [-0.05, 0) is 36.8 Å². The van der Waals surface area contributed by atoms with Crippen molar-refractivity contribution in [2.45, 2.75) is 31.3 Å². The Bertz CT molecular complexity index is 420. The second-order valence-corrected chi connectivity index (χ2v) is 5.38. The standard InChI is InChI=1S/C13H14ClFO/c14-8-5-6-11(12(15)7-8)13(16)9-3-1-2-4-10(9)13/h5-7,9-10,16H,1-4H2. The summed E-state index contributed by atoms with van der Waals surface area (Å²) >= 11 is 5.72. The van der Waals surface area contributed by atoms with Gasteiger partial charge in [0.25, 0.3) is 0 Å². The molecule has 2 unspecified atom stereocenters. The maximum absolute atomic E-state index is 13.8. The van der Waals surface area contributed by atoms with E-state index in [4.69, 9.17) is 11.6 Å². The van der Waals surface area contributed by atoms with E-state index in [1.54, 1.807) is 12.1 Å². The number of benzene rings is 1. The highest BCUT2D eigenvalue weighted by atomic mass is 35.5. The number of fused-ring (bicyclic) bond motifs is 1. The normalized spacial score (nSPS) is 36.9. The van der Waals surface area contributed by atoms with Crippen LogP contribution in [0.4, 0.5) is 4.39 Å². The topological polar surface area (TPSA) is 20.2 Å². The van der Waals surface area contributed by atoms with Crippen LogP contribution in [0.5, 0.6) is 0 Å². The first kappa shape index (κ1) is 10.5. The molecule has 2 fully saturated rings. The lowest BCUT2D eigenvalue weighted by molar-refractivity contribution is 0.113. The Balaban J connectivity index is 1.98. The number of rotatable bonds is 1. The van der Waals surface area contributed by atoms with Gasteiger partial charge in [0.15, 0.2) is 0 Å². The molecule has 0 bridgehead atoms. The minimum atomic E-state index is -0.912. The lowest BCUT2D eigenvalue weighted by atomic mass is 10.0. The first-order chi connectivity index (χ1) is 7.64. The molecule has 0 aliphatic heterocycles. The lowest BCUT2D eigenvalue weighted by Gasteiger charge is -2.12. The van der Waals surface area contributed by atoms with Crippen molar-refractivity contribution >= 4 is 11.6 Å². The molecule has 3 rings (SSSR count). The molecule has 0 saturated heterocycles. The monoisotopic (exact) mass is 240 g/mol. The smallest absolute Gasteiger partial charge is 0.130 e. The fourth-order valence-electron chi connectivity index (χ4n) is 3.31. The van der Waals surface area contributed by atoms with Crippen molar-refractivity contribution < 1.29 is 9.50 Å². The van der Waals surface area contributed by atoms with E-state index in [1.165, 1.54) is 6.07 Å². The fraction of sp³-hybridized carbons (Fsp3) is 0.538. The summed E-state index contributed by atoms with van der Waals surface area (Å²) in [6.07, 6.45) is 4.34.